The molecule has 1 N–H and O–H groups in total. The molecule has 0 amide bonds. The average Bonchev–Trinajstić information content (AvgIpc) is 2.61. The molecular formula is C8H12N4S2. The van der Waals surface area contributed by atoms with Crippen LogP contribution in [-0.4, -0.2) is 27.7 Å². The fourth-order valence-electron chi connectivity index (χ4n) is 0.703. The largest absolute Gasteiger partial charge is 0.302 e. The molecule has 6 heteroatoms. The Bertz CT molecular complexity index is 343. The van der Waals surface area contributed by atoms with Gasteiger partial charge in [0.15, 0.2) is 4.34 Å². The monoisotopic (exact) mass is 228 g/mol. The van der Waals surface area contributed by atoms with Crippen molar-refractivity contribution in [1.82, 2.24) is 14.7 Å². The third kappa shape index (κ3) is 2.94. The van der Waals surface area contributed by atoms with Crippen molar-refractivity contribution in [2.75, 3.05) is 12.8 Å². The Morgan fingerprint density at radius 1 is 1.71 bits per heavy atom. The van der Waals surface area contributed by atoms with E-state index in [0.29, 0.717) is 5.75 Å². The minimum atomic E-state index is -0.496. The van der Waals surface area contributed by atoms with Gasteiger partial charge in [-0.05, 0) is 32.4 Å². The summed E-state index contributed by atoms with van der Waals surface area (Å²) >= 11 is 2.93. The molecule has 1 aromatic rings. The van der Waals surface area contributed by atoms with Crippen LogP contribution in [0, 0.1) is 18.3 Å². The van der Waals surface area contributed by atoms with Crippen molar-refractivity contribution >= 4 is 23.3 Å². The zero-order chi connectivity index (χ0) is 10.6. The van der Waals surface area contributed by atoms with Gasteiger partial charge in [-0.1, -0.05) is 11.8 Å². The highest BCUT2D eigenvalue weighted by Gasteiger charge is 2.21. The maximum absolute atomic E-state index is 8.91. The van der Waals surface area contributed by atoms with Crippen molar-refractivity contribution in [3.63, 3.8) is 0 Å². The summed E-state index contributed by atoms with van der Waals surface area (Å²) in [7, 11) is 1.79. The molecule has 0 fully saturated rings. The molecular weight excluding hydrogens is 216 g/mol. The molecule has 1 rings (SSSR count). The number of hydrogen-bond donors (Lipinski definition) is 1. The van der Waals surface area contributed by atoms with Gasteiger partial charge >= 0.3 is 0 Å². The van der Waals surface area contributed by atoms with Crippen LogP contribution < -0.4 is 5.32 Å². The van der Waals surface area contributed by atoms with E-state index in [4.69, 9.17) is 5.26 Å². The van der Waals surface area contributed by atoms with E-state index in [2.05, 4.69) is 20.7 Å². The summed E-state index contributed by atoms with van der Waals surface area (Å²) in [6.07, 6.45) is 0. The highest BCUT2D eigenvalue weighted by atomic mass is 32.2. The van der Waals surface area contributed by atoms with Crippen molar-refractivity contribution in [2.24, 2.45) is 0 Å². The van der Waals surface area contributed by atoms with E-state index in [1.165, 1.54) is 11.5 Å². The molecule has 1 aromatic heterocycles. The Morgan fingerprint density at radius 3 is 2.86 bits per heavy atom. The second kappa shape index (κ2) is 4.73. The predicted molar refractivity (Wildman–Crippen MR) is 58.4 cm³/mol. The fourth-order valence-corrected chi connectivity index (χ4v) is 2.44. The second-order valence-electron chi connectivity index (χ2n) is 3.09. The van der Waals surface area contributed by atoms with Crippen molar-refractivity contribution in [2.45, 2.75) is 23.7 Å². The minimum absolute atomic E-state index is 0.496. The lowest BCUT2D eigenvalue weighted by Gasteiger charge is -2.18. The van der Waals surface area contributed by atoms with E-state index < -0.39 is 5.54 Å². The maximum atomic E-state index is 8.91. The normalized spacial score (nSPS) is 14.7. The van der Waals surface area contributed by atoms with Crippen molar-refractivity contribution in [3.05, 3.63) is 5.82 Å². The van der Waals surface area contributed by atoms with Crippen LogP contribution in [0.5, 0.6) is 0 Å². The van der Waals surface area contributed by atoms with E-state index in [1.807, 2.05) is 13.8 Å². The number of aromatic nitrogens is 2. The highest BCUT2D eigenvalue weighted by Crippen LogP contribution is 2.23. The molecule has 14 heavy (non-hydrogen) atoms. The average molecular weight is 228 g/mol. The Balaban J connectivity index is 2.52. The summed E-state index contributed by atoms with van der Waals surface area (Å²) in [4.78, 5) is 4.22. The SMILES string of the molecule is CNC(C)(C#N)CSc1nc(C)ns1. The van der Waals surface area contributed by atoms with Gasteiger partial charge < -0.3 is 5.32 Å². The van der Waals surface area contributed by atoms with E-state index in [-0.39, 0.29) is 0 Å². The topological polar surface area (TPSA) is 61.6 Å². The van der Waals surface area contributed by atoms with E-state index in [1.54, 1.807) is 18.8 Å². The van der Waals surface area contributed by atoms with Gasteiger partial charge in [0.05, 0.1) is 6.07 Å². The third-order valence-corrected chi connectivity index (χ3v) is 4.03. The first-order valence-corrected chi connectivity index (χ1v) is 5.89. The standard InChI is InChI=1S/C8H12N4S2/c1-6-11-7(14-12-6)13-5-8(2,4-9)10-3/h10H,5H2,1-3H3. The summed E-state index contributed by atoms with van der Waals surface area (Å²) in [5.74, 6) is 1.47. The summed E-state index contributed by atoms with van der Waals surface area (Å²) in [6, 6.07) is 2.23. The first-order chi connectivity index (χ1) is 6.59. The maximum Gasteiger partial charge on any atom is 0.170 e. The highest BCUT2D eigenvalue weighted by molar-refractivity contribution is 8.01. The first kappa shape index (κ1) is 11.4. The van der Waals surface area contributed by atoms with Crippen LogP contribution in [-0.2, 0) is 0 Å². The second-order valence-corrected chi connectivity index (χ2v) is 5.06. The molecule has 0 bridgehead atoms. The number of thioether (sulfide) groups is 1. The molecule has 1 atom stereocenters. The van der Waals surface area contributed by atoms with Gasteiger partial charge in [-0.3, -0.25) is 0 Å². The van der Waals surface area contributed by atoms with Crippen LogP contribution in [0.15, 0.2) is 4.34 Å². The van der Waals surface area contributed by atoms with Crippen LogP contribution in [0.3, 0.4) is 0 Å². The summed E-state index contributed by atoms with van der Waals surface area (Å²) in [5, 5.41) is 11.9. The molecule has 0 radical (unpaired) electrons. The van der Waals surface area contributed by atoms with Crippen LogP contribution in [0.4, 0.5) is 0 Å². The van der Waals surface area contributed by atoms with Gasteiger partial charge in [0.2, 0.25) is 0 Å². The molecule has 0 aliphatic heterocycles. The zero-order valence-electron chi connectivity index (χ0n) is 8.37. The number of hydrogen-bond acceptors (Lipinski definition) is 6. The molecule has 1 unspecified atom stereocenters. The lowest BCUT2D eigenvalue weighted by atomic mass is 10.1. The molecule has 0 saturated carbocycles. The first-order valence-electron chi connectivity index (χ1n) is 4.13. The zero-order valence-corrected chi connectivity index (χ0v) is 10.00. The summed E-state index contributed by atoms with van der Waals surface area (Å²) in [5.41, 5.74) is -0.496. The van der Waals surface area contributed by atoms with E-state index in [9.17, 15) is 0 Å². The number of rotatable bonds is 4. The van der Waals surface area contributed by atoms with Gasteiger partial charge in [-0.25, -0.2) is 4.98 Å². The van der Waals surface area contributed by atoms with Gasteiger partial charge in [-0.15, -0.1) is 0 Å². The lowest BCUT2D eigenvalue weighted by Crippen LogP contribution is -2.40. The predicted octanol–water partition coefficient (Wildman–Crippen LogP) is 1.44. The molecule has 0 spiro atoms. The van der Waals surface area contributed by atoms with Gasteiger partial charge in [0, 0.05) is 5.75 Å². The van der Waals surface area contributed by atoms with Gasteiger partial charge in [-0.2, -0.15) is 9.64 Å². The number of nitrogens with one attached hydrogen (secondary N) is 1. The van der Waals surface area contributed by atoms with Gasteiger partial charge in [0.25, 0.3) is 0 Å². The smallest absolute Gasteiger partial charge is 0.170 e. The minimum Gasteiger partial charge on any atom is -0.302 e. The molecule has 1 heterocycles. The van der Waals surface area contributed by atoms with Crippen molar-refractivity contribution in [1.29, 1.82) is 5.26 Å². The Labute approximate surface area is 91.9 Å². The van der Waals surface area contributed by atoms with E-state index >= 15 is 0 Å². The fraction of sp³-hybridized carbons (Fsp3) is 0.625. The number of nitriles is 1. The Hall–Kier alpha value is -0.640. The summed E-state index contributed by atoms with van der Waals surface area (Å²) < 4.78 is 4.99. The van der Waals surface area contributed by atoms with Crippen LogP contribution in [0.25, 0.3) is 0 Å². The lowest BCUT2D eigenvalue weighted by molar-refractivity contribution is 0.550. The summed E-state index contributed by atoms with van der Waals surface area (Å²) in [6.45, 7) is 3.73. The Kier molecular flexibility index (Phi) is 3.86. The molecule has 4 nitrogen and oxygen atoms in total. The van der Waals surface area contributed by atoms with Crippen molar-refractivity contribution < 1.29 is 0 Å². The van der Waals surface area contributed by atoms with Crippen molar-refractivity contribution in [3.8, 4) is 6.07 Å². The molecule has 0 saturated heterocycles. The van der Waals surface area contributed by atoms with Gasteiger partial charge in [0.1, 0.15) is 11.4 Å². The van der Waals surface area contributed by atoms with Crippen LogP contribution in [0.2, 0.25) is 0 Å². The Morgan fingerprint density at radius 2 is 2.43 bits per heavy atom. The van der Waals surface area contributed by atoms with Crippen LogP contribution in [0.1, 0.15) is 12.7 Å². The van der Waals surface area contributed by atoms with Crippen LogP contribution >= 0.6 is 23.3 Å². The molecule has 0 aliphatic rings. The van der Waals surface area contributed by atoms with E-state index in [0.717, 1.165) is 10.2 Å². The molecule has 0 aliphatic carbocycles. The molecule has 0 aromatic carbocycles. The number of nitrogens with zero attached hydrogens (tertiary/aromatic N) is 3. The quantitative estimate of drug-likeness (QED) is 0.790. The number of aryl methyl sites for hydroxylation is 1. The third-order valence-electron chi connectivity index (χ3n) is 1.79. The molecule has 76 valence electrons.